The van der Waals surface area contributed by atoms with E-state index in [9.17, 15) is 21.4 Å². The second kappa shape index (κ2) is 6.73. The van der Waals surface area contributed by atoms with E-state index in [0.29, 0.717) is 0 Å². The Balaban J connectivity index is 0.00000289. The Morgan fingerprint density at radius 1 is 1.17 bits per heavy atom. The van der Waals surface area contributed by atoms with Gasteiger partial charge in [0, 0.05) is 0 Å². The van der Waals surface area contributed by atoms with Crippen molar-refractivity contribution in [2.75, 3.05) is 0 Å². The smallest absolute Gasteiger partial charge is 0.744 e. The fourth-order valence-corrected chi connectivity index (χ4v) is 3.29. The van der Waals surface area contributed by atoms with Crippen LogP contribution in [0.1, 0.15) is 6.92 Å². The van der Waals surface area contributed by atoms with Crippen molar-refractivity contribution in [3.63, 3.8) is 0 Å². The Morgan fingerprint density at radius 3 is 2.00 bits per heavy atom. The van der Waals surface area contributed by atoms with Crippen LogP contribution in [0.15, 0.2) is 46.4 Å². The largest absolute Gasteiger partial charge is 1.00 e. The van der Waals surface area contributed by atoms with Crippen molar-refractivity contribution in [1.29, 1.82) is 0 Å². The zero-order valence-corrected chi connectivity index (χ0v) is 16.3. The number of hydrogen-bond donors (Lipinski definition) is 0. The van der Waals surface area contributed by atoms with Gasteiger partial charge >= 0.3 is 68.3 Å². The van der Waals surface area contributed by atoms with E-state index in [0.717, 1.165) is 12.1 Å². The number of benzene rings is 1. The van der Waals surface area contributed by atoms with E-state index in [-0.39, 0.29) is 63.9 Å². The van der Waals surface area contributed by atoms with Crippen LogP contribution < -0.4 is 58.2 Å². The van der Waals surface area contributed by atoms with Crippen molar-refractivity contribution >= 4 is 20.2 Å². The normalized spacial score (nSPS) is 11.4. The molecule has 1 aromatic carbocycles. The summed E-state index contributed by atoms with van der Waals surface area (Å²) in [6, 6.07) is 4.40. The number of allylic oxidation sites excluding steroid dienone is 1. The van der Waals surface area contributed by atoms with Gasteiger partial charge in [0.15, 0.2) is 0 Å². The van der Waals surface area contributed by atoms with Gasteiger partial charge in [0.1, 0.15) is 20.8 Å². The summed E-state index contributed by atoms with van der Waals surface area (Å²) in [6.45, 7) is 4.51. The predicted molar refractivity (Wildman–Crippen MR) is 57.5 cm³/mol. The van der Waals surface area contributed by atoms with Gasteiger partial charge in [-0.15, -0.1) is 0 Å². The molecule has 0 saturated heterocycles. The third-order valence-corrected chi connectivity index (χ3v) is 4.06. The predicted octanol–water partition coefficient (Wildman–Crippen LogP) is -2.17. The van der Waals surface area contributed by atoms with E-state index in [1.165, 1.54) is 19.1 Å². The molecule has 0 aliphatic rings. The van der Waals surface area contributed by atoms with Crippen molar-refractivity contribution in [1.82, 2.24) is 0 Å². The fraction of sp³-hybridized carbons (Fsp3) is 0.111. The molecule has 94 valence electrons. The Hall–Kier alpha value is 0.425. The van der Waals surface area contributed by atoms with Crippen molar-refractivity contribution < 1.29 is 83.8 Å². The molecule has 0 atom stereocenters. The Kier molecular flexibility index (Phi) is 6.89. The van der Waals surface area contributed by atoms with E-state index in [4.69, 9.17) is 0 Å². The molecule has 0 aromatic heterocycles. The van der Waals surface area contributed by atoms with Crippen LogP contribution in [0.4, 0.5) is 0 Å². The van der Waals surface area contributed by atoms with Crippen LogP contribution in [-0.4, -0.2) is 21.4 Å². The van der Waals surface area contributed by atoms with E-state index in [2.05, 4.69) is 10.8 Å². The van der Waals surface area contributed by atoms with Crippen molar-refractivity contribution in [2.45, 2.75) is 16.7 Å². The monoisotopic (exact) mass is 362 g/mol. The zero-order chi connectivity index (χ0) is 13.3. The van der Waals surface area contributed by atoms with Gasteiger partial charge in [0.05, 0.1) is 4.90 Å². The molecule has 9 heteroatoms. The van der Waals surface area contributed by atoms with Crippen LogP contribution in [0, 0.1) is 0 Å². The minimum atomic E-state index is -4.89. The molecule has 0 radical (unpaired) electrons. The minimum absolute atomic E-state index is 0. The first-order valence-electron chi connectivity index (χ1n) is 4.29. The van der Waals surface area contributed by atoms with Crippen LogP contribution in [-0.2, 0) is 24.4 Å². The molecule has 0 N–H and O–H groups in total. The van der Waals surface area contributed by atoms with E-state index < -0.39 is 30.0 Å². The topological polar surface area (TPSA) is 101 Å². The number of rotatable bonds is 4. The minimum Gasteiger partial charge on any atom is -0.744 e. The maximum absolute atomic E-state index is 11.6. The summed E-state index contributed by atoms with van der Waals surface area (Å²) in [7, 11) is -9.24. The van der Waals surface area contributed by atoms with Gasteiger partial charge in [0.2, 0.25) is 0 Å². The van der Waals surface area contributed by atoms with Gasteiger partial charge in [-0.1, -0.05) is 18.7 Å². The fourth-order valence-electron chi connectivity index (χ4n) is 1.10. The Labute approximate surface area is 155 Å². The first kappa shape index (κ1) is 18.4. The summed E-state index contributed by atoms with van der Waals surface area (Å²) in [5.41, 5.74) is 0. The summed E-state index contributed by atoms with van der Waals surface area (Å²) >= 11 is 0. The molecule has 0 spiro atoms. The summed E-state index contributed by atoms with van der Waals surface area (Å²) in [6.07, 6.45) is 0. The van der Waals surface area contributed by atoms with Gasteiger partial charge in [-0.3, -0.25) is 0 Å². The molecule has 0 aliphatic carbocycles. The summed E-state index contributed by atoms with van der Waals surface area (Å²) in [4.78, 5) is -1.54. The van der Waals surface area contributed by atoms with Crippen LogP contribution in [0.2, 0.25) is 0 Å². The van der Waals surface area contributed by atoms with Crippen LogP contribution in [0.5, 0.6) is 0 Å². The van der Waals surface area contributed by atoms with Gasteiger partial charge in [-0.2, -0.15) is 8.42 Å². The molecule has 0 unspecified atom stereocenters. The van der Waals surface area contributed by atoms with Gasteiger partial charge in [-0.25, -0.2) is 8.42 Å². The van der Waals surface area contributed by atoms with Crippen LogP contribution in [0.25, 0.3) is 0 Å². The second-order valence-electron chi connectivity index (χ2n) is 3.14. The summed E-state index contributed by atoms with van der Waals surface area (Å²) < 4.78 is 60.3. The Bertz CT molecular complexity index is 647. The molecular weight excluding hydrogens is 354 g/mol. The van der Waals surface area contributed by atoms with E-state index in [1.807, 2.05) is 0 Å². The van der Waals surface area contributed by atoms with Crippen molar-refractivity contribution in [2.24, 2.45) is 0 Å². The van der Waals surface area contributed by atoms with Gasteiger partial charge < -0.3 is 8.74 Å². The molecule has 1 rings (SSSR count). The van der Waals surface area contributed by atoms with Crippen LogP contribution in [0.3, 0.4) is 0 Å². The molecular formula is C9H9O6RbS2. The number of hydrogen-bond acceptors (Lipinski definition) is 6. The van der Waals surface area contributed by atoms with Crippen molar-refractivity contribution in [3.05, 3.63) is 36.6 Å². The molecule has 0 bridgehead atoms. The second-order valence-corrected chi connectivity index (χ2v) is 6.00. The average Bonchev–Trinajstić information content (AvgIpc) is 2.14. The third kappa shape index (κ3) is 4.84. The average molecular weight is 363 g/mol. The van der Waals surface area contributed by atoms with E-state index in [1.54, 1.807) is 0 Å². The molecule has 18 heavy (non-hydrogen) atoms. The molecule has 0 amide bonds. The third-order valence-electron chi connectivity index (χ3n) is 1.64. The van der Waals surface area contributed by atoms with Crippen molar-refractivity contribution in [3.8, 4) is 0 Å². The molecule has 0 heterocycles. The first-order valence-corrected chi connectivity index (χ1v) is 7.11. The standard InChI is InChI=1S/C9H10O6S2.Rb/c1-7(2)15-17(13,14)9-6-4-3-5-8(9)16(10,11)12;/h3-6H,1H2,2H3,(H,10,11,12);/q;+1/p-1. The molecule has 0 saturated carbocycles. The maximum atomic E-state index is 11.6. The molecule has 1 aromatic rings. The SMILES string of the molecule is C=C(C)OS(=O)(=O)c1ccccc1S(=O)(=O)[O-].[Rb+]. The van der Waals surface area contributed by atoms with Gasteiger partial charge in [0.25, 0.3) is 0 Å². The van der Waals surface area contributed by atoms with Crippen LogP contribution >= 0.6 is 0 Å². The summed E-state index contributed by atoms with van der Waals surface area (Å²) in [5, 5.41) is 0. The molecule has 0 fully saturated rings. The van der Waals surface area contributed by atoms with E-state index >= 15 is 0 Å². The molecule has 0 aliphatic heterocycles. The van der Waals surface area contributed by atoms with Gasteiger partial charge in [-0.05, 0) is 19.1 Å². The summed E-state index contributed by atoms with van der Waals surface area (Å²) in [5.74, 6) is -0.136. The quantitative estimate of drug-likeness (QED) is 0.343. The Morgan fingerprint density at radius 2 is 1.61 bits per heavy atom. The molecule has 6 nitrogen and oxygen atoms in total. The zero-order valence-electron chi connectivity index (χ0n) is 9.78. The maximum Gasteiger partial charge on any atom is 1.00 e. The first-order chi connectivity index (χ1) is 7.64.